The van der Waals surface area contributed by atoms with E-state index in [-0.39, 0.29) is 11.4 Å². The monoisotopic (exact) mass is 274 g/mol. The first-order valence-electron chi connectivity index (χ1n) is 6.79. The lowest BCUT2D eigenvalue weighted by atomic mass is 9.74. The highest BCUT2D eigenvalue weighted by Gasteiger charge is 2.42. The van der Waals surface area contributed by atoms with Crippen molar-refractivity contribution in [3.05, 3.63) is 0 Å². The molecule has 0 spiro atoms. The molecule has 0 saturated heterocycles. The molecule has 0 saturated carbocycles. The quantitative estimate of drug-likeness (QED) is 0.725. The number of carbonyl (C=O) groups is 1. The van der Waals surface area contributed by atoms with Crippen molar-refractivity contribution in [1.29, 1.82) is 0 Å². The van der Waals surface area contributed by atoms with Gasteiger partial charge >= 0.3 is 5.97 Å². The minimum atomic E-state index is -1.08. The van der Waals surface area contributed by atoms with Crippen LogP contribution in [0.25, 0.3) is 0 Å². The normalized spacial score (nSPS) is 15.2. The van der Waals surface area contributed by atoms with Gasteiger partial charge < -0.3 is 14.6 Å². The number of carbonyl (C=O) groups excluding carboxylic acids is 1. The zero-order valence-corrected chi connectivity index (χ0v) is 13.7. The molecule has 1 atom stereocenters. The van der Waals surface area contributed by atoms with E-state index in [1.165, 1.54) is 0 Å². The summed E-state index contributed by atoms with van der Waals surface area (Å²) >= 11 is 0. The van der Waals surface area contributed by atoms with Crippen molar-refractivity contribution in [2.45, 2.75) is 66.1 Å². The fraction of sp³-hybridized carbons (Fsp3) is 0.933. The first-order valence-corrected chi connectivity index (χ1v) is 6.79. The topological polar surface area (TPSA) is 55.8 Å². The van der Waals surface area contributed by atoms with Crippen LogP contribution in [0.5, 0.6) is 0 Å². The Balaban J connectivity index is 4.81. The fourth-order valence-electron chi connectivity index (χ4n) is 1.42. The molecule has 4 heteroatoms. The van der Waals surface area contributed by atoms with E-state index in [9.17, 15) is 9.90 Å². The molecular formula is C15H30O4. The maximum atomic E-state index is 12.1. The van der Waals surface area contributed by atoms with E-state index in [4.69, 9.17) is 9.47 Å². The first-order chi connectivity index (χ1) is 8.35. The average molecular weight is 274 g/mol. The lowest BCUT2D eigenvalue weighted by Crippen LogP contribution is -2.47. The van der Waals surface area contributed by atoms with E-state index >= 15 is 0 Å². The van der Waals surface area contributed by atoms with Crippen molar-refractivity contribution < 1.29 is 19.4 Å². The molecule has 0 aromatic rings. The van der Waals surface area contributed by atoms with Gasteiger partial charge in [-0.1, -0.05) is 13.8 Å². The van der Waals surface area contributed by atoms with E-state index in [0.717, 1.165) is 6.42 Å². The molecule has 0 aliphatic carbocycles. The second kappa shape index (κ2) is 6.23. The second-order valence-electron chi connectivity index (χ2n) is 6.93. The van der Waals surface area contributed by atoms with Gasteiger partial charge in [0.2, 0.25) is 0 Å². The molecule has 1 N–H and O–H groups in total. The van der Waals surface area contributed by atoms with Crippen LogP contribution in [0.4, 0.5) is 0 Å². The Kier molecular flexibility index (Phi) is 6.03. The highest BCUT2D eigenvalue weighted by molar-refractivity contribution is 5.73. The SMILES string of the molecule is COCCC(C)(C)C(C)(C)OC(=O)C(C)C(C)(C)O. The van der Waals surface area contributed by atoms with Crippen LogP contribution in [0.1, 0.15) is 54.9 Å². The van der Waals surface area contributed by atoms with Gasteiger partial charge in [-0.25, -0.2) is 0 Å². The number of hydrogen-bond acceptors (Lipinski definition) is 4. The molecule has 19 heavy (non-hydrogen) atoms. The van der Waals surface area contributed by atoms with E-state index < -0.39 is 17.1 Å². The Labute approximate surface area is 117 Å². The highest BCUT2D eigenvalue weighted by atomic mass is 16.6. The van der Waals surface area contributed by atoms with Gasteiger partial charge in [0.15, 0.2) is 0 Å². The molecule has 0 aromatic carbocycles. The molecule has 4 nitrogen and oxygen atoms in total. The zero-order valence-electron chi connectivity index (χ0n) is 13.7. The Hall–Kier alpha value is -0.610. The summed E-state index contributed by atoms with van der Waals surface area (Å²) in [5, 5.41) is 9.88. The molecule has 0 radical (unpaired) electrons. The molecule has 0 fully saturated rings. The highest BCUT2D eigenvalue weighted by Crippen LogP contribution is 2.38. The van der Waals surface area contributed by atoms with Crippen molar-refractivity contribution in [2.75, 3.05) is 13.7 Å². The minimum absolute atomic E-state index is 0.210. The van der Waals surface area contributed by atoms with Crippen molar-refractivity contribution in [3.63, 3.8) is 0 Å². The third-order valence-corrected chi connectivity index (χ3v) is 4.33. The molecular weight excluding hydrogens is 244 g/mol. The van der Waals surface area contributed by atoms with Crippen molar-refractivity contribution in [1.82, 2.24) is 0 Å². The molecule has 114 valence electrons. The summed E-state index contributed by atoms with van der Waals surface area (Å²) in [5.74, 6) is -0.937. The van der Waals surface area contributed by atoms with Crippen LogP contribution in [0.3, 0.4) is 0 Å². The maximum absolute atomic E-state index is 12.1. The van der Waals surface area contributed by atoms with Crippen LogP contribution in [0.2, 0.25) is 0 Å². The summed E-state index contributed by atoms with van der Waals surface area (Å²) in [6.45, 7) is 13.4. The van der Waals surface area contributed by atoms with Gasteiger partial charge in [0.25, 0.3) is 0 Å². The Morgan fingerprint density at radius 3 is 2.00 bits per heavy atom. The maximum Gasteiger partial charge on any atom is 0.312 e. The van der Waals surface area contributed by atoms with Gasteiger partial charge in [0.05, 0.1) is 11.5 Å². The Morgan fingerprint density at radius 2 is 1.63 bits per heavy atom. The van der Waals surface area contributed by atoms with Gasteiger partial charge in [-0.2, -0.15) is 0 Å². The number of ether oxygens (including phenoxy) is 2. The van der Waals surface area contributed by atoms with Crippen molar-refractivity contribution in [2.24, 2.45) is 11.3 Å². The largest absolute Gasteiger partial charge is 0.459 e. The van der Waals surface area contributed by atoms with Crippen LogP contribution in [0, 0.1) is 11.3 Å². The summed E-state index contributed by atoms with van der Waals surface area (Å²) in [5.41, 5.74) is -1.91. The summed E-state index contributed by atoms with van der Waals surface area (Å²) in [4.78, 5) is 12.1. The van der Waals surface area contributed by atoms with Crippen LogP contribution < -0.4 is 0 Å². The Morgan fingerprint density at radius 1 is 1.16 bits per heavy atom. The van der Waals surface area contributed by atoms with Crippen LogP contribution >= 0.6 is 0 Å². The van der Waals surface area contributed by atoms with Crippen LogP contribution in [0.15, 0.2) is 0 Å². The zero-order chi connectivity index (χ0) is 15.5. The lowest BCUT2D eigenvalue weighted by molar-refractivity contribution is -0.181. The van der Waals surface area contributed by atoms with Gasteiger partial charge in [0.1, 0.15) is 5.60 Å². The number of rotatable bonds is 7. The van der Waals surface area contributed by atoms with Crippen LogP contribution in [-0.2, 0) is 14.3 Å². The third-order valence-electron chi connectivity index (χ3n) is 4.33. The predicted octanol–water partition coefficient (Wildman–Crippen LogP) is 2.78. The molecule has 1 unspecified atom stereocenters. The van der Waals surface area contributed by atoms with Gasteiger partial charge in [-0.05, 0) is 41.0 Å². The average Bonchev–Trinajstić information content (AvgIpc) is 2.23. The van der Waals surface area contributed by atoms with Crippen molar-refractivity contribution >= 4 is 5.97 Å². The standard InChI is InChI=1S/C15H30O4/c1-11(14(4,5)17)12(16)19-15(6,7)13(2,3)9-10-18-8/h11,17H,9-10H2,1-8H3. The molecule has 0 amide bonds. The number of aliphatic hydroxyl groups is 1. The molecule has 0 bridgehead atoms. The summed E-state index contributed by atoms with van der Waals surface area (Å²) < 4.78 is 10.7. The van der Waals surface area contributed by atoms with Crippen molar-refractivity contribution in [3.8, 4) is 0 Å². The Bertz CT molecular complexity index is 300. The van der Waals surface area contributed by atoms with E-state index in [1.54, 1.807) is 27.9 Å². The number of hydrogen-bond donors (Lipinski definition) is 1. The second-order valence-corrected chi connectivity index (χ2v) is 6.93. The summed E-state index contributed by atoms with van der Waals surface area (Å²) in [6.07, 6.45) is 0.792. The van der Waals surface area contributed by atoms with E-state index in [2.05, 4.69) is 0 Å². The molecule has 0 aromatic heterocycles. The lowest BCUT2D eigenvalue weighted by Gasteiger charge is -2.42. The van der Waals surface area contributed by atoms with Crippen LogP contribution in [-0.4, -0.2) is 36.0 Å². The predicted molar refractivity (Wildman–Crippen MR) is 75.9 cm³/mol. The summed E-state index contributed by atoms with van der Waals surface area (Å²) in [6, 6.07) is 0. The molecule has 0 rings (SSSR count). The summed E-state index contributed by atoms with van der Waals surface area (Å²) in [7, 11) is 1.66. The van der Waals surface area contributed by atoms with Gasteiger partial charge in [-0.3, -0.25) is 4.79 Å². The smallest absolute Gasteiger partial charge is 0.312 e. The van der Waals surface area contributed by atoms with E-state index in [1.807, 2.05) is 27.7 Å². The molecule has 0 heterocycles. The molecule has 0 aliphatic heterocycles. The number of methoxy groups -OCH3 is 1. The fourth-order valence-corrected chi connectivity index (χ4v) is 1.42. The number of esters is 1. The third kappa shape index (κ3) is 5.11. The first kappa shape index (κ1) is 18.4. The molecule has 0 aliphatic rings. The van der Waals surface area contributed by atoms with Gasteiger partial charge in [-0.15, -0.1) is 0 Å². The van der Waals surface area contributed by atoms with Gasteiger partial charge in [0, 0.05) is 19.1 Å². The minimum Gasteiger partial charge on any atom is -0.459 e. The van der Waals surface area contributed by atoms with E-state index in [0.29, 0.717) is 6.61 Å².